The van der Waals surface area contributed by atoms with Gasteiger partial charge in [-0.3, -0.25) is 14.4 Å². The van der Waals surface area contributed by atoms with Crippen LogP contribution in [0, 0.1) is 5.92 Å². The number of rotatable bonds is 5. The van der Waals surface area contributed by atoms with Gasteiger partial charge in [-0.2, -0.15) is 0 Å². The summed E-state index contributed by atoms with van der Waals surface area (Å²) < 4.78 is 0. The van der Waals surface area contributed by atoms with E-state index in [1.54, 1.807) is 6.92 Å². The fourth-order valence-electron chi connectivity index (χ4n) is 3.75. The Morgan fingerprint density at radius 1 is 1.27 bits per heavy atom. The molecule has 2 heterocycles. The molecule has 3 N–H and O–H groups in total. The average molecular weight is 364 g/mol. The lowest BCUT2D eigenvalue weighted by Gasteiger charge is -2.28. The number of carbonyl (C=O) groups is 3. The molecule has 144 valence electrons. The lowest BCUT2D eigenvalue weighted by Crippen LogP contribution is -2.58. The van der Waals surface area contributed by atoms with Crippen molar-refractivity contribution in [2.75, 3.05) is 0 Å². The van der Waals surface area contributed by atoms with Gasteiger partial charge in [-0.05, 0) is 38.5 Å². The molecule has 26 heavy (non-hydrogen) atoms. The van der Waals surface area contributed by atoms with Crippen molar-refractivity contribution in [3.63, 3.8) is 0 Å². The summed E-state index contributed by atoms with van der Waals surface area (Å²) in [4.78, 5) is 41.8. The molecule has 2 unspecified atom stereocenters. The smallest absolute Gasteiger partial charge is 0.264 e. The zero-order chi connectivity index (χ0) is 18.9. The van der Waals surface area contributed by atoms with Gasteiger partial charge in [-0.1, -0.05) is 19.0 Å². The number of oxime groups is 1. The van der Waals surface area contributed by atoms with Gasteiger partial charge in [0.1, 0.15) is 5.54 Å². The number of hydrogen-bond acceptors (Lipinski definition) is 5. The summed E-state index contributed by atoms with van der Waals surface area (Å²) in [5.41, 5.74) is 0.0364. The summed E-state index contributed by atoms with van der Waals surface area (Å²) in [6.45, 7) is 5.79. The second-order valence-electron chi connectivity index (χ2n) is 8.04. The van der Waals surface area contributed by atoms with E-state index in [1.807, 2.05) is 13.8 Å². The highest BCUT2D eigenvalue weighted by Gasteiger charge is 2.42. The minimum atomic E-state index is -0.858. The van der Waals surface area contributed by atoms with Crippen LogP contribution in [-0.4, -0.2) is 47.2 Å². The molecule has 3 amide bonds. The Kier molecular flexibility index (Phi) is 5.20. The molecule has 8 nitrogen and oxygen atoms in total. The molecule has 0 radical (unpaired) electrons. The first-order valence-electron chi connectivity index (χ1n) is 9.43. The van der Waals surface area contributed by atoms with Crippen LogP contribution in [-0.2, 0) is 19.2 Å². The highest BCUT2D eigenvalue weighted by molar-refractivity contribution is 5.95. The summed E-state index contributed by atoms with van der Waals surface area (Å²) in [5, 5.41) is 12.8. The van der Waals surface area contributed by atoms with Gasteiger partial charge in [-0.25, -0.2) is 0 Å². The summed E-state index contributed by atoms with van der Waals surface area (Å²) in [6.07, 6.45) is 3.33. The molecule has 1 saturated heterocycles. The van der Waals surface area contributed by atoms with E-state index in [-0.39, 0.29) is 35.7 Å². The van der Waals surface area contributed by atoms with E-state index < -0.39 is 11.6 Å². The van der Waals surface area contributed by atoms with E-state index in [0.29, 0.717) is 19.3 Å². The van der Waals surface area contributed by atoms with E-state index in [2.05, 4.69) is 21.1 Å². The number of nitrogens with one attached hydrogen (secondary N) is 3. The first kappa shape index (κ1) is 18.7. The number of carbonyl (C=O) groups excluding carboxylic acids is 3. The Labute approximate surface area is 153 Å². The molecule has 3 rings (SSSR count). The molecule has 0 aromatic rings. The minimum absolute atomic E-state index is 0.0988. The fraction of sp³-hybridized carbons (Fsp3) is 0.778. The maximum atomic E-state index is 12.6. The Morgan fingerprint density at radius 3 is 2.54 bits per heavy atom. The predicted octanol–water partition coefficient (Wildman–Crippen LogP) is 0.610. The van der Waals surface area contributed by atoms with Gasteiger partial charge in [0, 0.05) is 24.9 Å². The van der Waals surface area contributed by atoms with Crippen LogP contribution < -0.4 is 16.0 Å². The normalized spacial score (nSPS) is 33.6. The van der Waals surface area contributed by atoms with Crippen molar-refractivity contribution in [1.29, 1.82) is 0 Å². The minimum Gasteiger partial charge on any atom is -0.382 e. The van der Waals surface area contributed by atoms with Crippen LogP contribution in [0.2, 0.25) is 0 Å². The van der Waals surface area contributed by atoms with Gasteiger partial charge in [0.25, 0.3) is 5.91 Å². The number of hydrogen-bond donors (Lipinski definition) is 3. The summed E-state index contributed by atoms with van der Waals surface area (Å²) in [5.74, 6) is -0.208. The van der Waals surface area contributed by atoms with E-state index in [0.717, 1.165) is 25.0 Å². The predicted molar refractivity (Wildman–Crippen MR) is 95.3 cm³/mol. The van der Waals surface area contributed by atoms with Crippen molar-refractivity contribution in [3.8, 4) is 0 Å². The van der Waals surface area contributed by atoms with Gasteiger partial charge in [0.05, 0.1) is 5.71 Å². The highest BCUT2D eigenvalue weighted by atomic mass is 16.6. The van der Waals surface area contributed by atoms with E-state index >= 15 is 0 Å². The summed E-state index contributed by atoms with van der Waals surface area (Å²) >= 11 is 0. The molecule has 2 fully saturated rings. The zero-order valence-corrected chi connectivity index (χ0v) is 15.6. The van der Waals surface area contributed by atoms with Crippen molar-refractivity contribution in [2.45, 2.75) is 83.0 Å². The molecule has 3 aliphatic rings. The second kappa shape index (κ2) is 7.25. The van der Waals surface area contributed by atoms with Gasteiger partial charge in [0.15, 0.2) is 0 Å². The lowest BCUT2D eigenvalue weighted by atomic mass is 9.98. The van der Waals surface area contributed by atoms with Crippen LogP contribution in [0.3, 0.4) is 0 Å². The van der Waals surface area contributed by atoms with Crippen molar-refractivity contribution in [1.82, 2.24) is 16.0 Å². The zero-order valence-electron chi connectivity index (χ0n) is 15.6. The molecule has 4 atom stereocenters. The standard InChI is InChI=1S/C18H28N4O4/c1-10(2)13-9-14(26-22-13)16(24)19-11-5-4-6-12(11)20-17(25)18(3)8-7-15(23)21-18/h10-12,14H,4-9H2,1-3H3,(H,19,24)(H,20,25)(H,21,23)/t11-,12-,14?,18?/m1/s1. The summed E-state index contributed by atoms with van der Waals surface area (Å²) in [6, 6.07) is -0.258. The molecule has 8 heteroatoms. The maximum Gasteiger partial charge on any atom is 0.264 e. The van der Waals surface area contributed by atoms with Crippen LogP contribution >= 0.6 is 0 Å². The topological polar surface area (TPSA) is 109 Å². The second-order valence-corrected chi connectivity index (χ2v) is 8.04. The number of amides is 3. The number of nitrogens with zero attached hydrogens (tertiary/aromatic N) is 1. The first-order valence-corrected chi connectivity index (χ1v) is 9.43. The van der Waals surface area contributed by atoms with Gasteiger partial charge in [-0.15, -0.1) is 0 Å². The van der Waals surface area contributed by atoms with Crippen LogP contribution in [0.1, 0.15) is 59.3 Å². The Bertz CT molecular complexity index is 633. The third kappa shape index (κ3) is 3.83. The molecule has 0 aromatic heterocycles. The van der Waals surface area contributed by atoms with Crippen molar-refractivity contribution in [2.24, 2.45) is 11.1 Å². The summed E-state index contributed by atoms with van der Waals surface area (Å²) in [7, 11) is 0. The fourth-order valence-corrected chi connectivity index (χ4v) is 3.75. The third-order valence-electron chi connectivity index (χ3n) is 5.58. The van der Waals surface area contributed by atoms with Crippen LogP contribution in [0.25, 0.3) is 0 Å². The molecule has 0 aromatic carbocycles. The van der Waals surface area contributed by atoms with Gasteiger partial charge in [0.2, 0.25) is 17.9 Å². The molecule has 0 spiro atoms. The van der Waals surface area contributed by atoms with Crippen LogP contribution in [0.15, 0.2) is 5.16 Å². The van der Waals surface area contributed by atoms with Gasteiger partial charge < -0.3 is 20.8 Å². The molecule has 1 saturated carbocycles. The van der Waals surface area contributed by atoms with Crippen LogP contribution in [0.5, 0.6) is 0 Å². The quantitative estimate of drug-likeness (QED) is 0.664. The largest absolute Gasteiger partial charge is 0.382 e. The Hall–Kier alpha value is -2.12. The molecular formula is C18H28N4O4. The van der Waals surface area contributed by atoms with E-state index in [9.17, 15) is 14.4 Å². The monoisotopic (exact) mass is 364 g/mol. The molecule has 2 aliphatic heterocycles. The third-order valence-corrected chi connectivity index (χ3v) is 5.58. The van der Waals surface area contributed by atoms with E-state index in [4.69, 9.17) is 4.84 Å². The highest BCUT2D eigenvalue weighted by Crippen LogP contribution is 2.24. The molecular weight excluding hydrogens is 336 g/mol. The van der Waals surface area contributed by atoms with Gasteiger partial charge >= 0.3 is 0 Å². The van der Waals surface area contributed by atoms with E-state index in [1.165, 1.54) is 0 Å². The van der Waals surface area contributed by atoms with Crippen molar-refractivity contribution in [3.05, 3.63) is 0 Å². The average Bonchev–Trinajstić information content (AvgIpc) is 3.29. The Morgan fingerprint density at radius 2 is 1.96 bits per heavy atom. The first-order chi connectivity index (χ1) is 12.3. The van der Waals surface area contributed by atoms with Crippen molar-refractivity contribution < 1.29 is 19.2 Å². The van der Waals surface area contributed by atoms with Crippen LogP contribution in [0.4, 0.5) is 0 Å². The van der Waals surface area contributed by atoms with Crippen molar-refractivity contribution >= 4 is 23.4 Å². The Balaban J connectivity index is 1.53. The molecule has 0 bridgehead atoms. The molecule has 1 aliphatic carbocycles. The maximum absolute atomic E-state index is 12.6. The lowest BCUT2D eigenvalue weighted by molar-refractivity contribution is -0.133. The SMILES string of the molecule is CC(C)C1=NOC(C(=O)N[C@@H]2CCC[C@H]2NC(=O)C2(C)CCC(=O)N2)C1.